The third kappa shape index (κ3) is 3.66. The van der Waals surface area contributed by atoms with Crippen LogP contribution >= 0.6 is 0 Å². The van der Waals surface area contributed by atoms with Crippen LogP contribution in [0.2, 0.25) is 0 Å². The van der Waals surface area contributed by atoms with E-state index in [0.29, 0.717) is 25.9 Å². The maximum Gasteiger partial charge on any atom is 0.223 e. The van der Waals surface area contributed by atoms with Crippen LogP contribution in [0.5, 0.6) is 5.75 Å². The number of carbonyl (C=O) groups excluding carboxylic acids is 1. The monoisotopic (exact) mass is 364 g/mol. The molecule has 1 fully saturated rings. The molecule has 1 saturated heterocycles. The first-order chi connectivity index (χ1) is 13.1. The number of likely N-dealkylation sites (tertiary alicyclic amines) is 1. The van der Waals surface area contributed by atoms with Gasteiger partial charge in [-0.15, -0.1) is 0 Å². The first kappa shape index (κ1) is 17.5. The first-order valence-electron chi connectivity index (χ1n) is 9.24. The van der Waals surface area contributed by atoms with Crippen molar-refractivity contribution in [1.29, 1.82) is 0 Å². The van der Waals surface area contributed by atoms with Gasteiger partial charge in [0.1, 0.15) is 11.4 Å². The number of rotatable bonds is 5. The van der Waals surface area contributed by atoms with Crippen LogP contribution in [0, 0.1) is 0 Å². The number of fused-ring (bicyclic) bond motifs is 1. The van der Waals surface area contributed by atoms with Crippen molar-refractivity contribution in [2.75, 3.05) is 20.2 Å². The Hall–Kier alpha value is -2.86. The Balaban J connectivity index is 1.37. The van der Waals surface area contributed by atoms with E-state index in [1.807, 2.05) is 64.2 Å². The number of hydrogen-bond donors (Lipinski definition) is 1. The Morgan fingerprint density at radius 2 is 2.04 bits per heavy atom. The minimum absolute atomic E-state index is 0.0439. The number of carbonyl (C=O) groups is 1. The molecule has 3 heterocycles. The second kappa shape index (κ2) is 7.40. The number of methoxy groups -OCH3 is 1. The van der Waals surface area contributed by atoms with E-state index >= 15 is 0 Å². The topological polar surface area (TPSA) is 72.9 Å². The van der Waals surface area contributed by atoms with Gasteiger partial charge in [-0.2, -0.15) is 0 Å². The van der Waals surface area contributed by atoms with E-state index in [4.69, 9.17) is 10.5 Å². The Labute approximate surface area is 158 Å². The van der Waals surface area contributed by atoms with E-state index in [9.17, 15) is 4.79 Å². The molecule has 1 amide bonds. The minimum atomic E-state index is -0.0439. The van der Waals surface area contributed by atoms with Crippen molar-refractivity contribution in [3.05, 3.63) is 66.1 Å². The summed E-state index contributed by atoms with van der Waals surface area (Å²) in [7, 11) is 1.65. The number of aromatic nitrogens is 2. The van der Waals surface area contributed by atoms with E-state index < -0.39 is 0 Å². The SMILES string of the molecule is COc1ccc([C@@H]2CN(C(=O)CCc3cn4ccccc4n3)C[C@H]2N)cc1. The Bertz CT molecular complexity index is 902. The molecule has 27 heavy (non-hydrogen) atoms. The van der Waals surface area contributed by atoms with Crippen LogP contribution in [0.4, 0.5) is 0 Å². The summed E-state index contributed by atoms with van der Waals surface area (Å²) in [6, 6.07) is 13.8. The largest absolute Gasteiger partial charge is 0.497 e. The average molecular weight is 364 g/mol. The second-order valence-electron chi connectivity index (χ2n) is 7.04. The number of amides is 1. The number of imidazole rings is 1. The molecule has 3 aromatic rings. The van der Waals surface area contributed by atoms with Gasteiger partial charge in [-0.05, 0) is 36.2 Å². The molecule has 0 spiro atoms. The molecule has 2 aromatic heterocycles. The second-order valence-corrected chi connectivity index (χ2v) is 7.04. The summed E-state index contributed by atoms with van der Waals surface area (Å²) >= 11 is 0. The third-order valence-electron chi connectivity index (χ3n) is 5.27. The molecule has 6 nitrogen and oxygen atoms in total. The number of ether oxygens (including phenoxy) is 1. The number of nitrogens with zero attached hydrogens (tertiary/aromatic N) is 3. The lowest BCUT2D eigenvalue weighted by Crippen LogP contribution is -2.32. The highest BCUT2D eigenvalue weighted by atomic mass is 16.5. The van der Waals surface area contributed by atoms with Gasteiger partial charge in [0.05, 0.1) is 12.8 Å². The first-order valence-corrected chi connectivity index (χ1v) is 9.24. The molecule has 6 heteroatoms. The van der Waals surface area contributed by atoms with Gasteiger partial charge in [0.25, 0.3) is 0 Å². The van der Waals surface area contributed by atoms with Crippen molar-refractivity contribution >= 4 is 11.6 Å². The highest BCUT2D eigenvalue weighted by Crippen LogP contribution is 2.28. The Morgan fingerprint density at radius 1 is 1.22 bits per heavy atom. The number of aryl methyl sites for hydroxylation is 1. The molecule has 0 aliphatic carbocycles. The summed E-state index contributed by atoms with van der Waals surface area (Å²) in [6.07, 6.45) is 5.04. The molecule has 4 rings (SSSR count). The maximum atomic E-state index is 12.7. The van der Waals surface area contributed by atoms with Gasteiger partial charge in [0.2, 0.25) is 5.91 Å². The Morgan fingerprint density at radius 3 is 2.78 bits per heavy atom. The van der Waals surface area contributed by atoms with Gasteiger partial charge in [-0.3, -0.25) is 4.79 Å². The van der Waals surface area contributed by atoms with Gasteiger partial charge in [0, 0.05) is 43.9 Å². The van der Waals surface area contributed by atoms with Crippen LogP contribution in [0.15, 0.2) is 54.9 Å². The molecular formula is C21H24N4O2. The third-order valence-corrected chi connectivity index (χ3v) is 5.27. The smallest absolute Gasteiger partial charge is 0.223 e. The molecule has 1 aliphatic heterocycles. The van der Waals surface area contributed by atoms with Crippen LogP contribution in [-0.2, 0) is 11.2 Å². The molecule has 0 radical (unpaired) electrons. The van der Waals surface area contributed by atoms with E-state index in [0.717, 1.165) is 22.7 Å². The van der Waals surface area contributed by atoms with Gasteiger partial charge in [-0.25, -0.2) is 4.98 Å². The van der Waals surface area contributed by atoms with Crippen molar-refractivity contribution < 1.29 is 9.53 Å². The van der Waals surface area contributed by atoms with E-state index in [2.05, 4.69) is 4.98 Å². The summed E-state index contributed by atoms with van der Waals surface area (Å²) in [4.78, 5) is 19.1. The predicted molar refractivity (Wildman–Crippen MR) is 104 cm³/mol. The molecule has 0 bridgehead atoms. The number of hydrogen-bond acceptors (Lipinski definition) is 4. The highest BCUT2D eigenvalue weighted by Gasteiger charge is 2.33. The molecule has 140 valence electrons. The average Bonchev–Trinajstić information content (AvgIpc) is 3.29. The number of benzene rings is 1. The van der Waals surface area contributed by atoms with E-state index in [-0.39, 0.29) is 17.9 Å². The molecule has 0 saturated carbocycles. The quantitative estimate of drug-likeness (QED) is 0.753. The molecular weight excluding hydrogens is 340 g/mol. The van der Waals surface area contributed by atoms with Crippen LogP contribution < -0.4 is 10.5 Å². The molecule has 2 N–H and O–H groups in total. The fourth-order valence-corrected chi connectivity index (χ4v) is 3.74. The lowest BCUT2D eigenvalue weighted by molar-refractivity contribution is -0.130. The summed E-state index contributed by atoms with van der Waals surface area (Å²) in [5, 5.41) is 0. The van der Waals surface area contributed by atoms with Gasteiger partial charge >= 0.3 is 0 Å². The van der Waals surface area contributed by atoms with Crippen molar-refractivity contribution in [3.63, 3.8) is 0 Å². The van der Waals surface area contributed by atoms with Crippen molar-refractivity contribution in [2.45, 2.75) is 24.8 Å². The van der Waals surface area contributed by atoms with Gasteiger partial charge in [-0.1, -0.05) is 18.2 Å². The molecule has 2 atom stereocenters. The number of pyridine rings is 1. The van der Waals surface area contributed by atoms with E-state index in [1.165, 1.54) is 0 Å². The zero-order chi connectivity index (χ0) is 18.8. The predicted octanol–water partition coefficient (Wildman–Crippen LogP) is 2.23. The van der Waals surface area contributed by atoms with Gasteiger partial charge in [0.15, 0.2) is 0 Å². The lowest BCUT2D eigenvalue weighted by Gasteiger charge is -2.16. The van der Waals surface area contributed by atoms with Crippen LogP contribution in [0.3, 0.4) is 0 Å². The summed E-state index contributed by atoms with van der Waals surface area (Å²) in [5.74, 6) is 1.12. The van der Waals surface area contributed by atoms with E-state index in [1.54, 1.807) is 7.11 Å². The fourth-order valence-electron chi connectivity index (χ4n) is 3.74. The number of nitrogens with two attached hydrogens (primary N) is 1. The van der Waals surface area contributed by atoms with Crippen molar-refractivity contribution in [1.82, 2.24) is 14.3 Å². The maximum absolute atomic E-state index is 12.7. The zero-order valence-electron chi connectivity index (χ0n) is 15.4. The molecule has 1 aliphatic rings. The lowest BCUT2D eigenvalue weighted by atomic mass is 9.95. The summed E-state index contributed by atoms with van der Waals surface area (Å²) in [5.41, 5.74) is 9.32. The normalized spacial score (nSPS) is 19.6. The Kier molecular flexibility index (Phi) is 4.81. The van der Waals surface area contributed by atoms with Crippen LogP contribution in [0.1, 0.15) is 23.6 Å². The summed E-state index contributed by atoms with van der Waals surface area (Å²) in [6.45, 7) is 1.26. The van der Waals surface area contributed by atoms with Crippen LogP contribution in [-0.4, -0.2) is 46.4 Å². The minimum Gasteiger partial charge on any atom is -0.497 e. The molecule has 0 unspecified atom stereocenters. The van der Waals surface area contributed by atoms with Crippen LogP contribution in [0.25, 0.3) is 5.65 Å². The fraction of sp³-hybridized carbons (Fsp3) is 0.333. The highest BCUT2D eigenvalue weighted by molar-refractivity contribution is 5.77. The standard InChI is InChI=1S/C21H24N4O2/c1-27-17-8-5-15(6-9-17)18-13-25(14-19(18)22)21(26)10-7-16-12-24-11-3-2-4-20(24)23-16/h2-6,8-9,11-12,18-19H,7,10,13-14,22H2,1H3/t18-,19+/m0/s1. The van der Waals surface area contributed by atoms with Crippen molar-refractivity contribution in [2.24, 2.45) is 5.73 Å². The van der Waals surface area contributed by atoms with Crippen molar-refractivity contribution in [3.8, 4) is 5.75 Å². The van der Waals surface area contributed by atoms with Gasteiger partial charge < -0.3 is 19.8 Å². The zero-order valence-corrected chi connectivity index (χ0v) is 15.4. The molecule has 1 aromatic carbocycles. The summed E-state index contributed by atoms with van der Waals surface area (Å²) < 4.78 is 7.19.